The number of pyridine rings is 1. The summed E-state index contributed by atoms with van der Waals surface area (Å²) in [5.41, 5.74) is 1.44. The van der Waals surface area contributed by atoms with Crippen molar-refractivity contribution >= 4 is 28.4 Å². The maximum absolute atomic E-state index is 11.4. The molecular formula is C17H16N4O3. The number of carboxylic acid groups (broad SMARTS) is 1. The molecule has 0 saturated carbocycles. The molecule has 24 heavy (non-hydrogen) atoms. The number of fused-ring (bicyclic) bond motifs is 1. The van der Waals surface area contributed by atoms with Crippen molar-refractivity contribution in [3.05, 3.63) is 48.2 Å². The second-order valence-electron chi connectivity index (χ2n) is 5.43. The molecule has 7 heteroatoms. The van der Waals surface area contributed by atoms with Crippen LogP contribution in [0.15, 0.2) is 42.6 Å². The summed E-state index contributed by atoms with van der Waals surface area (Å²) in [6.45, 7) is 3.59. The summed E-state index contributed by atoms with van der Waals surface area (Å²) < 4.78 is 5.39. The van der Waals surface area contributed by atoms with Gasteiger partial charge >= 0.3 is 5.97 Å². The van der Waals surface area contributed by atoms with E-state index in [9.17, 15) is 9.90 Å². The highest BCUT2D eigenvalue weighted by molar-refractivity contribution is 5.93. The number of hydrogen-bond donors (Lipinski definition) is 2. The van der Waals surface area contributed by atoms with Crippen LogP contribution in [-0.4, -0.2) is 32.4 Å². The highest BCUT2D eigenvalue weighted by atomic mass is 16.5. The van der Waals surface area contributed by atoms with Gasteiger partial charge in [0.1, 0.15) is 5.56 Å². The number of anilines is 2. The maximum atomic E-state index is 11.4. The molecule has 0 amide bonds. The van der Waals surface area contributed by atoms with Gasteiger partial charge in [-0.15, -0.1) is 10.2 Å². The van der Waals surface area contributed by atoms with Crippen LogP contribution < -0.4 is 10.1 Å². The fraction of sp³-hybridized carbons (Fsp3) is 0.176. The van der Waals surface area contributed by atoms with Crippen molar-refractivity contribution in [3.63, 3.8) is 0 Å². The lowest BCUT2D eigenvalue weighted by atomic mass is 10.2. The predicted octanol–water partition coefficient (Wildman–Crippen LogP) is 3.25. The molecule has 0 bridgehead atoms. The molecule has 0 fully saturated rings. The summed E-state index contributed by atoms with van der Waals surface area (Å²) in [7, 11) is 0. The Kier molecular flexibility index (Phi) is 4.24. The van der Waals surface area contributed by atoms with Crippen molar-refractivity contribution in [3.8, 4) is 5.88 Å². The molecule has 3 aromatic rings. The molecule has 0 unspecified atom stereocenters. The Morgan fingerprint density at radius 2 is 2.00 bits per heavy atom. The Hall–Kier alpha value is -3.22. The SMILES string of the molecule is CC(C)Oc1nnc(Nc2cccc3cccnc23)cc1C(=O)O. The highest BCUT2D eigenvalue weighted by Gasteiger charge is 2.17. The van der Waals surface area contributed by atoms with Gasteiger partial charge in [0, 0.05) is 17.6 Å². The van der Waals surface area contributed by atoms with Crippen molar-refractivity contribution in [1.29, 1.82) is 0 Å². The normalized spacial score (nSPS) is 10.8. The van der Waals surface area contributed by atoms with Gasteiger partial charge in [0.2, 0.25) is 5.88 Å². The van der Waals surface area contributed by atoms with E-state index in [2.05, 4.69) is 20.5 Å². The molecule has 0 saturated heterocycles. The third-order valence-electron chi connectivity index (χ3n) is 3.23. The number of hydrogen-bond acceptors (Lipinski definition) is 6. The Balaban J connectivity index is 1.98. The molecule has 7 nitrogen and oxygen atoms in total. The fourth-order valence-electron chi connectivity index (χ4n) is 2.25. The van der Waals surface area contributed by atoms with Gasteiger partial charge < -0.3 is 15.2 Å². The van der Waals surface area contributed by atoms with Gasteiger partial charge in [-0.3, -0.25) is 4.98 Å². The molecule has 2 heterocycles. The van der Waals surface area contributed by atoms with E-state index in [0.717, 1.165) is 16.6 Å². The zero-order valence-corrected chi connectivity index (χ0v) is 13.2. The van der Waals surface area contributed by atoms with Gasteiger partial charge in [0.25, 0.3) is 0 Å². The van der Waals surface area contributed by atoms with Crippen molar-refractivity contribution < 1.29 is 14.6 Å². The van der Waals surface area contributed by atoms with E-state index in [-0.39, 0.29) is 17.5 Å². The van der Waals surface area contributed by atoms with E-state index in [4.69, 9.17) is 4.74 Å². The van der Waals surface area contributed by atoms with Crippen molar-refractivity contribution in [2.75, 3.05) is 5.32 Å². The second kappa shape index (κ2) is 6.49. The fourth-order valence-corrected chi connectivity index (χ4v) is 2.25. The van der Waals surface area contributed by atoms with Crippen LogP contribution in [0, 0.1) is 0 Å². The van der Waals surface area contributed by atoms with Crippen molar-refractivity contribution in [2.45, 2.75) is 20.0 Å². The predicted molar refractivity (Wildman–Crippen MR) is 89.8 cm³/mol. The number of nitrogens with one attached hydrogen (secondary N) is 1. The minimum Gasteiger partial charge on any atom is -0.477 e. The summed E-state index contributed by atoms with van der Waals surface area (Å²) >= 11 is 0. The lowest BCUT2D eigenvalue weighted by Crippen LogP contribution is -2.13. The highest BCUT2D eigenvalue weighted by Crippen LogP contribution is 2.25. The second-order valence-corrected chi connectivity index (χ2v) is 5.43. The van der Waals surface area contributed by atoms with Crippen molar-refractivity contribution in [2.24, 2.45) is 0 Å². The van der Waals surface area contributed by atoms with Gasteiger partial charge in [-0.25, -0.2) is 4.79 Å². The molecule has 122 valence electrons. The molecule has 0 aliphatic heterocycles. The van der Waals surface area contributed by atoms with Crippen LogP contribution in [0.4, 0.5) is 11.5 Å². The minimum atomic E-state index is -1.13. The molecule has 0 aliphatic carbocycles. The third-order valence-corrected chi connectivity index (χ3v) is 3.23. The number of aromatic nitrogens is 3. The molecule has 2 N–H and O–H groups in total. The monoisotopic (exact) mass is 324 g/mol. The Labute approximate surface area is 138 Å². The summed E-state index contributed by atoms with van der Waals surface area (Å²) in [4.78, 5) is 15.8. The number of carbonyl (C=O) groups is 1. The Bertz CT molecular complexity index is 891. The van der Waals surface area contributed by atoms with E-state index in [1.54, 1.807) is 20.0 Å². The molecule has 3 rings (SSSR count). The number of carboxylic acids is 1. The van der Waals surface area contributed by atoms with Crippen LogP contribution in [0.1, 0.15) is 24.2 Å². The third kappa shape index (κ3) is 3.24. The average Bonchev–Trinajstić information content (AvgIpc) is 2.56. The van der Waals surface area contributed by atoms with Gasteiger partial charge in [-0.2, -0.15) is 0 Å². The summed E-state index contributed by atoms with van der Waals surface area (Å²) in [6, 6.07) is 10.9. The van der Waals surface area contributed by atoms with Crippen LogP contribution in [0.2, 0.25) is 0 Å². The minimum absolute atomic E-state index is 0.000838. The molecule has 0 radical (unpaired) electrons. The standard InChI is InChI=1S/C17H16N4O3/c1-10(2)24-16-12(17(22)23)9-14(20-21-16)19-13-7-3-5-11-6-4-8-18-15(11)13/h3-10H,1-2H3,(H,19,20)(H,22,23). The summed E-state index contributed by atoms with van der Waals surface area (Å²) in [5.74, 6) is -0.819. The number of benzene rings is 1. The first-order valence-electron chi connectivity index (χ1n) is 7.43. The zero-order valence-electron chi connectivity index (χ0n) is 13.2. The van der Waals surface area contributed by atoms with Crippen LogP contribution in [0.5, 0.6) is 5.88 Å². The summed E-state index contributed by atoms with van der Waals surface area (Å²) in [6.07, 6.45) is 1.50. The first kappa shape index (κ1) is 15.7. The van der Waals surface area contributed by atoms with E-state index in [0.29, 0.717) is 5.82 Å². The molecule has 1 aromatic carbocycles. The van der Waals surface area contributed by atoms with Gasteiger partial charge in [-0.1, -0.05) is 18.2 Å². The average molecular weight is 324 g/mol. The lowest BCUT2D eigenvalue weighted by Gasteiger charge is -2.12. The van der Waals surface area contributed by atoms with Gasteiger partial charge in [-0.05, 0) is 26.0 Å². The first-order valence-corrected chi connectivity index (χ1v) is 7.43. The van der Waals surface area contributed by atoms with Crippen LogP contribution >= 0.6 is 0 Å². The van der Waals surface area contributed by atoms with E-state index < -0.39 is 5.97 Å². The number of aromatic carboxylic acids is 1. The van der Waals surface area contributed by atoms with E-state index in [1.165, 1.54) is 6.07 Å². The number of nitrogens with zero attached hydrogens (tertiary/aromatic N) is 3. The van der Waals surface area contributed by atoms with E-state index >= 15 is 0 Å². The molecule has 0 spiro atoms. The summed E-state index contributed by atoms with van der Waals surface area (Å²) in [5, 5.41) is 21.3. The zero-order chi connectivity index (χ0) is 17.1. The van der Waals surface area contributed by atoms with Crippen LogP contribution in [0.3, 0.4) is 0 Å². The quantitative estimate of drug-likeness (QED) is 0.743. The molecule has 2 aromatic heterocycles. The van der Waals surface area contributed by atoms with Crippen LogP contribution in [-0.2, 0) is 0 Å². The smallest absolute Gasteiger partial charge is 0.341 e. The molecule has 0 atom stereocenters. The van der Waals surface area contributed by atoms with E-state index in [1.807, 2.05) is 30.3 Å². The number of rotatable bonds is 5. The molecular weight excluding hydrogens is 308 g/mol. The first-order chi connectivity index (χ1) is 11.5. The maximum Gasteiger partial charge on any atom is 0.341 e. The number of para-hydroxylation sites is 1. The van der Waals surface area contributed by atoms with Crippen LogP contribution in [0.25, 0.3) is 10.9 Å². The number of ether oxygens (including phenoxy) is 1. The molecule has 0 aliphatic rings. The largest absolute Gasteiger partial charge is 0.477 e. The topological polar surface area (TPSA) is 97.2 Å². The van der Waals surface area contributed by atoms with Gasteiger partial charge in [0.15, 0.2) is 5.82 Å². The lowest BCUT2D eigenvalue weighted by molar-refractivity contribution is 0.0688. The van der Waals surface area contributed by atoms with Gasteiger partial charge in [0.05, 0.1) is 17.3 Å². The Morgan fingerprint density at radius 1 is 1.21 bits per heavy atom. The van der Waals surface area contributed by atoms with Crippen molar-refractivity contribution in [1.82, 2.24) is 15.2 Å². The Morgan fingerprint density at radius 3 is 2.75 bits per heavy atom.